The summed E-state index contributed by atoms with van der Waals surface area (Å²) >= 11 is 6.04. The first-order chi connectivity index (χ1) is 11.9. The lowest BCUT2D eigenvalue weighted by atomic mass is 10.00. The molecular weight excluding hydrogens is 332 g/mol. The molecule has 1 saturated carbocycles. The molecule has 0 bridgehead atoms. The van der Waals surface area contributed by atoms with Crippen molar-refractivity contribution in [1.82, 2.24) is 5.32 Å². The third-order valence-corrected chi connectivity index (χ3v) is 5.05. The smallest absolute Gasteiger partial charge is 0.241 e. The SMILES string of the molecule is Cc1ccc([C@@H](N[C@@H](C)C(=O)Nc2cc(Cl)ccc2C)C2CC2)cc1. The largest absolute Gasteiger partial charge is 0.324 e. The lowest BCUT2D eigenvalue weighted by molar-refractivity contribution is -0.118. The monoisotopic (exact) mass is 356 g/mol. The molecule has 3 nitrogen and oxygen atoms in total. The van der Waals surface area contributed by atoms with E-state index in [1.54, 1.807) is 6.07 Å². The van der Waals surface area contributed by atoms with Gasteiger partial charge < -0.3 is 5.32 Å². The molecule has 1 amide bonds. The van der Waals surface area contributed by atoms with E-state index in [2.05, 4.69) is 41.8 Å². The summed E-state index contributed by atoms with van der Waals surface area (Å²) in [6, 6.07) is 14.1. The van der Waals surface area contributed by atoms with Crippen molar-refractivity contribution in [3.8, 4) is 0 Å². The minimum atomic E-state index is -0.287. The molecule has 2 aromatic rings. The fourth-order valence-electron chi connectivity index (χ4n) is 3.02. The predicted molar refractivity (Wildman–Crippen MR) is 104 cm³/mol. The highest BCUT2D eigenvalue weighted by Gasteiger charge is 2.34. The first-order valence-electron chi connectivity index (χ1n) is 8.83. The molecule has 0 radical (unpaired) electrons. The van der Waals surface area contributed by atoms with Crippen molar-refractivity contribution in [1.29, 1.82) is 0 Å². The maximum atomic E-state index is 12.6. The zero-order chi connectivity index (χ0) is 18.0. The van der Waals surface area contributed by atoms with E-state index in [0.29, 0.717) is 10.9 Å². The van der Waals surface area contributed by atoms with Gasteiger partial charge in [-0.1, -0.05) is 47.5 Å². The van der Waals surface area contributed by atoms with Crippen LogP contribution in [-0.2, 0) is 4.79 Å². The molecule has 4 heteroatoms. The number of aryl methyl sites for hydroxylation is 2. The summed E-state index contributed by atoms with van der Waals surface area (Å²) < 4.78 is 0. The molecule has 132 valence electrons. The number of carbonyl (C=O) groups excluding carboxylic acids is 1. The molecule has 1 aliphatic carbocycles. The molecule has 0 heterocycles. The van der Waals surface area contributed by atoms with Gasteiger partial charge in [-0.3, -0.25) is 10.1 Å². The second-order valence-electron chi connectivity index (χ2n) is 7.06. The van der Waals surface area contributed by atoms with E-state index >= 15 is 0 Å². The Morgan fingerprint density at radius 3 is 2.44 bits per heavy atom. The standard InChI is InChI=1S/C21H25ClN2O/c1-13-4-7-16(8-5-13)20(17-9-10-17)23-15(3)21(25)24-19-12-18(22)11-6-14(19)2/h4-8,11-12,15,17,20,23H,9-10H2,1-3H3,(H,24,25)/t15-,20+/m0/s1. The van der Waals surface area contributed by atoms with Crippen molar-refractivity contribution in [2.45, 2.75) is 45.7 Å². The van der Waals surface area contributed by atoms with Crippen molar-refractivity contribution in [3.05, 3.63) is 64.2 Å². The zero-order valence-electron chi connectivity index (χ0n) is 15.0. The molecule has 1 aliphatic rings. The summed E-state index contributed by atoms with van der Waals surface area (Å²) in [7, 11) is 0. The summed E-state index contributed by atoms with van der Waals surface area (Å²) in [5.41, 5.74) is 4.28. The van der Waals surface area contributed by atoms with Crippen LogP contribution in [0.3, 0.4) is 0 Å². The Morgan fingerprint density at radius 1 is 1.12 bits per heavy atom. The number of hydrogen-bond donors (Lipinski definition) is 2. The topological polar surface area (TPSA) is 41.1 Å². The maximum absolute atomic E-state index is 12.6. The Labute approximate surface area is 154 Å². The van der Waals surface area contributed by atoms with Gasteiger partial charge in [-0.05, 0) is 62.8 Å². The van der Waals surface area contributed by atoms with Gasteiger partial charge in [-0.15, -0.1) is 0 Å². The van der Waals surface area contributed by atoms with Crippen LogP contribution in [0.2, 0.25) is 5.02 Å². The molecule has 0 spiro atoms. The average molecular weight is 357 g/mol. The quantitative estimate of drug-likeness (QED) is 0.762. The second kappa shape index (κ2) is 7.59. The van der Waals surface area contributed by atoms with E-state index in [-0.39, 0.29) is 18.0 Å². The number of rotatable bonds is 6. The minimum absolute atomic E-state index is 0.0388. The summed E-state index contributed by atoms with van der Waals surface area (Å²) in [5, 5.41) is 7.14. The lowest BCUT2D eigenvalue weighted by Gasteiger charge is -2.24. The molecule has 0 saturated heterocycles. The molecule has 0 unspecified atom stereocenters. The Morgan fingerprint density at radius 2 is 1.80 bits per heavy atom. The predicted octanol–water partition coefficient (Wildman–Crippen LogP) is 5.02. The van der Waals surface area contributed by atoms with Gasteiger partial charge >= 0.3 is 0 Å². The van der Waals surface area contributed by atoms with Crippen molar-refractivity contribution in [3.63, 3.8) is 0 Å². The zero-order valence-corrected chi connectivity index (χ0v) is 15.7. The van der Waals surface area contributed by atoms with Gasteiger partial charge in [0.2, 0.25) is 5.91 Å². The highest BCUT2D eigenvalue weighted by molar-refractivity contribution is 6.31. The van der Waals surface area contributed by atoms with Crippen LogP contribution in [0.1, 0.15) is 42.5 Å². The third kappa shape index (κ3) is 4.62. The molecule has 2 atom stereocenters. The fourth-order valence-corrected chi connectivity index (χ4v) is 3.19. The van der Waals surface area contributed by atoms with Crippen molar-refractivity contribution >= 4 is 23.2 Å². The van der Waals surface area contributed by atoms with Gasteiger partial charge in [0.25, 0.3) is 0 Å². The summed E-state index contributed by atoms with van der Waals surface area (Å²) in [6.45, 7) is 5.97. The van der Waals surface area contributed by atoms with Gasteiger partial charge in [0.15, 0.2) is 0 Å². The third-order valence-electron chi connectivity index (χ3n) is 4.81. The summed E-state index contributed by atoms with van der Waals surface area (Å²) in [5.74, 6) is 0.578. The first kappa shape index (κ1) is 18.0. The van der Waals surface area contributed by atoms with Crippen LogP contribution in [0.5, 0.6) is 0 Å². The number of hydrogen-bond acceptors (Lipinski definition) is 2. The van der Waals surface area contributed by atoms with E-state index in [1.165, 1.54) is 24.0 Å². The lowest BCUT2D eigenvalue weighted by Crippen LogP contribution is -2.41. The van der Waals surface area contributed by atoms with Crippen molar-refractivity contribution in [2.24, 2.45) is 5.92 Å². The Balaban J connectivity index is 1.68. The maximum Gasteiger partial charge on any atom is 0.241 e. The molecule has 2 N–H and O–H groups in total. The van der Waals surface area contributed by atoms with E-state index in [4.69, 9.17) is 11.6 Å². The number of anilines is 1. The van der Waals surface area contributed by atoms with E-state index in [9.17, 15) is 4.79 Å². The van der Waals surface area contributed by atoms with Crippen LogP contribution in [0.25, 0.3) is 0 Å². The molecule has 0 aliphatic heterocycles. The molecule has 2 aromatic carbocycles. The normalized spacial score (nSPS) is 16.3. The van der Waals surface area contributed by atoms with Crippen LogP contribution in [-0.4, -0.2) is 11.9 Å². The van der Waals surface area contributed by atoms with Crippen molar-refractivity contribution < 1.29 is 4.79 Å². The van der Waals surface area contributed by atoms with E-state index < -0.39 is 0 Å². The highest BCUT2D eigenvalue weighted by Crippen LogP contribution is 2.41. The Bertz CT molecular complexity index is 753. The minimum Gasteiger partial charge on any atom is -0.324 e. The van der Waals surface area contributed by atoms with Gasteiger partial charge in [-0.2, -0.15) is 0 Å². The number of carbonyl (C=O) groups is 1. The number of halogens is 1. The molecule has 3 rings (SSSR count). The number of amides is 1. The van der Waals surface area contributed by atoms with Gasteiger partial charge in [0, 0.05) is 16.8 Å². The Hall–Kier alpha value is -1.84. The van der Waals surface area contributed by atoms with Crippen LogP contribution in [0.4, 0.5) is 5.69 Å². The second-order valence-corrected chi connectivity index (χ2v) is 7.50. The highest BCUT2D eigenvalue weighted by atomic mass is 35.5. The van der Waals surface area contributed by atoms with Crippen molar-refractivity contribution in [2.75, 3.05) is 5.32 Å². The number of nitrogens with one attached hydrogen (secondary N) is 2. The van der Waals surface area contributed by atoms with E-state index in [0.717, 1.165) is 11.3 Å². The van der Waals surface area contributed by atoms with Gasteiger partial charge in [-0.25, -0.2) is 0 Å². The fraction of sp³-hybridized carbons (Fsp3) is 0.381. The molecular formula is C21H25ClN2O. The van der Waals surface area contributed by atoms with Crippen LogP contribution >= 0.6 is 11.6 Å². The van der Waals surface area contributed by atoms with E-state index in [1.807, 2.05) is 26.0 Å². The van der Waals surface area contributed by atoms with Gasteiger partial charge in [0.1, 0.15) is 0 Å². The van der Waals surface area contributed by atoms with Crippen LogP contribution < -0.4 is 10.6 Å². The molecule has 1 fully saturated rings. The summed E-state index contributed by atoms with van der Waals surface area (Å²) in [6.07, 6.45) is 2.43. The summed E-state index contributed by atoms with van der Waals surface area (Å²) in [4.78, 5) is 12.6. The average Bonchev–Trinajstić information content (AvgIpc) is 3.41. The number of benzene rings is 2. The molecule has 25 heavy (non-hydrogen) atoms. The Kier molecular flexibility index (Phi) is 5.45. The van der Waals surface area contributed by atoms with Gasteiger partial charge in [0.05, 0.1) is 6.04 Å². The molecule has 0 aromatic heterocycles. The van der Waals surface area contributed by atoms with Crippen LogP contribution in [0.15, 0.2) is 42.5 Å². The van der Waals surface area contributed by atoms with Crippen LogP contribution in [0, 0.1) is 19.8 Å². The first-order valence-corrected chi connectivity index (χ1v) is 9.21.